The first-order chi connectivity index (χ1) is 14.6. The number of nitrogen functional groups attached to an aromatic ring is 1. The average molecular weight is 398 g/mol. The third-order valence-electron chi connectivity index (χ3n) is 4.76. The SMILES string of the molecule is Cc1cccc(-c2cnc(N)nc2-c2c[nH]c(C(=O)NCCc3cccnc3)c2)c1. The van der Waals surface area contributed by atoms with Crippen molar-refractivity contribution in [2.45, 2.75) is 13.3 Å². The summed E-state index contributed by atoms with van der Waals surface area (Å²) in [6.07, 6.45) is 7.72. The topological polar surface area (TPSA) is 110 Å². The number of H-pyrrole nitrogens is 1. The molecule has 0 radical (unpaired) electrons. The van der Waals surface area contributed by atoms with Crippen LogP contribution in [0.25, 0.3) is 22.4 Å². The normalized spacial score (nSPS) is 10.7. The van der Waals surface area contributed by atoms with Crippen LogP contribution in [0.3, 0.4) is 0 Å². The third kappa shape index (κ3) is 4.35. The number of nitrogens with one attached hydrogen (secondary N) is 2. The molecule has 4 rings (SSSR count). The number of hydrogen-bond acceptors (Lipinski definition) is 5. The molecule has 30 heavy (non-hydrogen) atoms. The molecule has 0 aliphatic carbocycles. The van der Waals surface area contributed by atoms with Gasteiger partial charge in [-0.05, 0) is 36.6 Å². The summed E-state index contributed by atoms with van der Waals surface area (Å²) in [4.78, 5) is 28.2. The van der Waals surface area contributed by atoms with Crippen molar-refractivity contribution >= 4 is 11.9 Å². The van der Waals surface area contributed by atoms with Crippen molar-refractivity contribution in [1.82, 2.24) is 25.3 Å². The monoisotopic (exact) mass is 398 g/mol. The van der Waals surface area contributed by atoms with E-state index in [1.165, 1.54) is 0 Å². The van der Waals surface area contributed by atoms with Gasteiger partial charge in [0, 0.05) is 42.5 Å². The average Bonchev–Trinajstić information content (AvgIpc) is 3.25. The molecule has 0 saturated carbocycles. The Morgan fingerprint density at radius 2 is 2.03 bits per heavy atom. The Kier molecular flexibility index (Phi) is 5.52. The molecule has 7 heteroatoms. The molecule has 0 saturated heterocycles. The molecular weight excluding hydrogens is 376 g/mol. The number of rotatable bonds is 6. The van der Waals surface area contributed by atoms with Crippen molar-refractivity contribution in [3.8, 4) is 22.4 Å². The number of benzene rings is 1. The lowest BCUT2D eigenvalue weighted by Crippen LogP contribution is -2.25. The number of pyridine rings is 1. The molecule has 150 valence electrons. The number of aromatic amines is 1. The van der Waals surface area contributed by atoms with Gasteiger partial charge >= 0.3 is 0 Å². The quantitative estimate of drug-likeness (QED) is 0.461. The van der Waals surface area contributed by atoms with Gasteiger partial charge in [-0.15, -0.1) is 0 Å². The van der Waals surface area contributed by atoms with Gasteiger partial charge in [0.1, 0.15) is 5.69 Å². The Hall–Kier alpha value is -4.00. The molecule has 0 spiro atoms. The highest BCUT2D eigenvalue weighted by molar-refractivity contribution is 5.94. The van der Waals surface area contributed by atoms with Crippen molar-refractivity contribution in [2.75, 3.05) is 12.3 Å². The summed E-state index contributed by atoms with van der Waals surface area (Å²) in [6.45, 7) is 2.56. The lowest BCUT2D eigenvalue weighted by molar-refractivity contribution is 0.0950. The Balaban J connectivity index is 1.53. The standard InChI is InChI=1S/C23H22N6O/c1-15-4-2-6-17(10-15)19-14-28-23(24)29-21(19)18-11-20(27-13-18)22(30)26-9-7-16-5-3-8-25-12-16/h2-6,8,10-14,27H,7,9H2,1H3,(H,26,30)(H2,24,28,29). The van der Waals surface area contributed by atoms with Crippen LogP contribution in [-0.4, -0.2) is 32.4 Å². The van der Waals surface area contributed by atoms with E-state index in [0.29, 0.717) is 24.4 Å². The second-order valence-electron chi connectivity index (χ2n) is 7.03. The molecule has 0 atom stereocenters. The maximum absolute atomic E-state index is 12.5. The minimum absolute atomic E-state index is 0.177. The second-order valence-corrected chi connectivity index (χ2v) is 7.03. The molecule has 0 bridgehead atoms. The minimum atomic E-state index is -0.177. The zero-order valence-electron chi connectivity index (χ0n) is 16.6. The summed E-state index contributed by atoms with van der Waals surface area (Å²) in [5, 5.41) is 2.92. The van der Waals surface area contributed by atoms with Crippen LogP contribution < -0.4 is 11.1 Å². The van der Waals surface area contributed by atoms with Crippen molar-refractivity contribution in [3.63, 3.8) is 0 Å². The highest BCUT2D eigenvalue weighted by Gasteiger charge is 2.15. The Morgan fingerprint density at radius 1 is 1.13 bits per heavy atom. The fourth-order valence-electron chi connectivity index (χ4n) is 3.26. The Labute approximate surface area is 174 Å². The Bertz CT molecular complexity index is 1170. The number of anilines is 1. The summed E-state index contributed by atoms with van der Waals surface area (Å²) in [6, 6.07) is 13.7. The molecule has 0 unspecified atom stereocenters. The second kappa shape index (κ2) is 8.57. The predicted molar refractivity (Wildman–Crippen MR) is 117 cm³/mol. The number of nitrogens with zero attached hydrogens (tertiary/aromatic N) is 3. The van der Waals surface area contributed by atoms with E-state index in [-0.39, 0.29) is 11.9 Å². The number of amides is 1. The first-order valence-corrected chi connectivity index (χ1v) is 9.65. The molecule has 3 aromatic heterocycles. The van der Waals surface area contributed by atoms with Gasteiger partial charge in [0.05, 0.1) is 5.69 Å². The summed E-state index contributed by atoms with van der Waals surface area (Å²) >= 11 is 0. The van der Waals surface area contributed by atoms with Gasteiger partial charge in [0.15, 0.2) is 0 Å². The van der Waals surface area contributed by atoms with E-state index < -0.39 is 0 Å². The van der Waals surface area contributed by atoms with Crippen LogP contribution in [0, 0.1) is 6.92 Å². The molecule has 0 aliphatic rings. The number of carbonyl (C=O) groups excluding carboxylic acids is 1. The van der Waals surface area contributed by atoms with Gasteiger partial charge in [-0.25, -0.2) is 9.97 Å². The molecular formula is C23H22N6O. The Morgan fingerprint density at radius 3 is 2.83 bits per heavy atom. The van der Waals surface area contributed by atoms with Gasteiger partial charge in [-0.2, -0.15) is 0 Å². The van der Waals surface area contributed by atoms with Gasteiger partial charge < -0.3 is 16.0 Å². The van der Waals surface area contributed by atoms with E-state index in [4.69, 9.17) is 5.73 Å². The zero-order chi connectivity index (χ0) is 20.9. The van der Waals surface area contributed by atoms with Crippen LogP contribution >= 0.6 is 0 Å². The van der Waals surface area contributed by atoms with Crippen LogP contribution in [-0.2, 0) is 6.42 Å². The van der Waals surface area contributed by atoms with Crippen molar-refractivity contribution in [1.29, 1.82) is 0 Å². The lowest BCUT2D eigenvalue weighted by atomic mass is 10.0. The van der Waals surface area contributed by atoms with Gasteiger partial charge in [-0.3, -0.25) is 9.78 Å². The van der Waals surface area contributed by atoms with Gasteiger partial charge in [0.25, 0.3) is 5.91 Å². The van der Waals surface area contributed by atoms with E-state index in [0.717, 1.165) is 27.8 Å². The first kappa shape index (κ1) is 19.3. The first-order valence-electron chi connectivity index (χ1n) is 9.65. The summed E-state index contributed by atoms with van der Waals surface area (Å²) in [7, 11) is 0. The smallest absolute Gasteiger partial charge is 0.267 e. The fraction of sp³-hybridized carbons (Fsp3) is 0.130. The molecule has 4 N–H and O–H groups in total. The molecule has 7 nitrogen and oxygen atoms in total. The molecule has 1 aromatic carbocycles. The number of nitrogens with two attached hydrogens (primary N) is 1. The van der Waals surface area contributed by atoms with Crippen LogP contribution in [0.2, 0.25) is 0 Å². The molecule has 3 heterocycles. The van der Waals surface area contributed by atoms with E-state index in [1.54, 1.807) is 30.9 Å². The highest BCUT2D eigenvalue weighted by atomic mass is 16.1. The van der Waals surface area contributed by atoms with Crippen LogP contribution in [0.4, 0.5) is 5.95 Å². The van der Waals surface area contributed by atoms with Crippen LogP contribution in [0.5, 0.6) is 0 Å². The largest absolute Gasteiger partial charge is 0.368 e. The zero-order valence-corrected chi connectivity index (χ0v) is 16.6. The van der Waals surface area contributed by atoms with Crippen LogP contribution in [0.15, 0.2) is 67.3 Å². The number of aryl methyl sites for hydroxylation is 1. The lowest BCUT2D eigenvalue weighted by Gasteiger charge is -2.08. The van der Waals surface area contributed by atoms with Crippen LogP contribution in [0.1, 0.15) is 21.6 Å². The predicted octanol–water partition coefficient (Wildman–Crippen LogP) is 3.40. The molecule has 4 aromatic rings. The highest BCUT2D eigenvalue weighted by Crippen LogP contribution is 2.31. The van der Waals surface area contributed by atoms with E-state index in [9.17, 15) is 4.79 Å². The fourth-order valence-corrected chi connectivity index (χ4v) is 3.26. The molecule has 0 fully saturated rings. The maximum atomic E-state index is 12.5. The van der Waals surface area contributed by atoms with Gasteiger partial charge in [0.2, 0.25) is 5.95 Å². The molecule has 1 amide bonds. The number of hydrogen-bond donors (Lipinski definition) is 3. The van der Waals surface area contributed by atoms with Crippen molar-refractivity contribution in [3.05, 3.63) is 84.1 Å². The number of aromatic nitrogens is 4. The van der Waals surface area contributed by atoms with E-state index >= 15 is 0 Å². The summed E-state index contributed by atoms with van der Waals surface area (Å²) in [5.41, 5.74) is 11.8. The van der Waals surface area contributed by atoms with Crippen molar-refractivity contribution in [2.24, 2.45) is 0 Å². The van der Waals surface area contributed by atoms with E-state index in [2.05, 4.69) is 31.3 Å². The maximum Gasteiger partial charge on any atom is 0.267 e. The van der Waals surface area contributed by atoms with Crippen molar-refractivity contribution < 1.29 is 4.79 Å². The molecule has 0 aliphatic heterocycles. The minimum Gasteiger partial charge on any atom is -0.368 e. The third-order valence-corrected chi connectivity index (χ3v) is 4.76. The summed E-state index contributed by atoms with van der Waals surface area (Å²) in [5.74, 6) is 0.00866. The van der Waals surface area contributed by atoms with E-state index in [1.807, 2.05) is 37.3 Å². The summed E-state index contributed by atoms with van der Waals surface area (Å²) < 4.78 is 0. The number of carbonyl (C=O) groups is 1. The van der Waals surface area contributed by atoms with Gasteiger partial charge in [-0.1, -0.05) is 35.9 Å².